The van der Waals surface area contributed by atoms with E-state index in [2.05, 4.69) is 15.5 Å². The quantitative estimate of drug-likeness (QED) is 0.789. The first-order valence-electron chi connectivity index (χ1n) is 10.7. The fourth-order valence-electron chi connectivity index (χ4n) is 5.38. The Morgan fingerprint density at radius 1 is 0.923 bits per heavy atom. The standard InChI is InChI=1S/C20H34N4O2/c25-18(23-12-8-20(9-13-23)7-10-21-15-20)16-4-3-11-24(14-16)19(26)22-17-5-1-2-6-17/h16-17,21H,1-15H2,(H,22,26). The molecular weight excluding hydrogens is 328 g/mol. The number of hydrogen-bond acceptors (Lipinski definition) is 3. The van der Waals surface area contributed by atoms with Gasteiger partial charge in [0, 0.05) is 38.8 Å². The molecule has 3 heterocycles. The van der Waals surface area contributed by atoms with Gasteiger partial charge in [-0.25, -0.2) is 4.79 Å². The third-order valence-corrected chi connectivity index (χ3v) is 7.21. The minimum Gasteiger partial charge on any atom is -0.342 e. The minimum absolute atomic E-state index is 0.00571. The second kappa shape index (κ2) is 7.75. The molecule has 1 spiro atoms. The number of urea groups is 1. The summed E-state index contributed by atoms with van der Waals surface area (Å²) in [5, 5.41) is 6.66. The van der Waals surface area contributed by atoms with Crippen LogP contribution in [0.15, 0.2) is 0 Å². The minimum atomic E-state index is -0.00571. The fourth-order valence-corrected chi connectivity index (χ4v) is 5.38. The van der Waals surface area contributed by atoms with Crippen molar-refractivity contribution in [2.75, 3.05) is 39.3 Å². The van der Waals surface area contributed by atoms with Gasteiger partial charge in [0.15, 0.2) is 0 Å². The molecule has 1 unspecified atom stereocenters. The van der Waals surface area contributed by atoms with E-state index in [1.807, 2.05) is 4.90 Å². The van der Waals surface area contributed by atoms with Gasteiger partial charge < -0.3 is 20.4 Å². The molecule has 0 aromatic carbocycles. The van der Waals surface area contributed by atoms with Crippen LogP contribution in [0.4, 0.5) is 4.79 Å². The Hall–Kier alpha value is -1.30. The van der Waals surface area contributed by atoms with Gasteiger partial charge in [0.25, 0.3) is 0 Å². The number of likely N-dealkylation sites (tertiary alicyclic amines) is 2. The maximum Gasteiger partial charge on any atom is 0.317 e. The molecule has 4 fully saturated rings. The molecule has 1 saturated carbocycles. The molecule has 0 radical (unpaired) electrons. The van der Waals surface area contributed by atoms with Gasteiger partial charge in [0.1, 0.15) is 0 Å². The average molecular weight is 363 g/mol. The van der Waals surface area contributed by atoms with Crippen LogP contribution in [-0.2, 0) is 4.79 Å². The topological polar surface area (TPSA) is 64.7 Å². The van der Waals surface area contributed by atoms with Gasteiger partial charge in [-0.1, -0.05) is 12.8 Å². The fraction of sp³-hybridized carbons (Fsp3) is 0.900. The van der Waals surface area contributed by atoms with Gasteiger partial charge in [-0.05, 0) is 56.9 Å². The zero-order valence-corrected chi connectivity index (χ0v) is 16.0. The van der Waals surface area contributed by atoms with E-state index in [1.54, 1.807) is 0 Å². The van der Waals surface area contributed by atoms with E-state index in [-0.39, 0.29) is 17.9 Å². The lowest BCUT2D eigenvalue weighted by Gasteiger charge is -2.41. The smallest absolute Gasteiger partial charge is 0.317 e. The van der Waals surface area contributed by atoms with Crippen LogP contribution in [0.2, 0.25) is 0 Å². The van der Waals surface area contributed by atoms with Crippen molar-refractivity contribution in [2.45, 2.75) is 63.8 Å². The Balaban J connectivity index is 1.28. The summed E-state index contributed by atoms with van der Waals surface area (Å²) >= 11 is 0. The summed E-state index contributed by atoms with van der Waals surface area (Å²) in [4.78, 5) is 29.5. The second-order valence-corrected chi connectivity index (χ2v) is 8.97. The summed E-state index contributed by atoms with van der Waals surface area (Å²) < 4.78 is 0. The predicted octanol–water partition coefficient (Wildman–Crippen LogP) is 1.95. The molecule has 3 aliphatic heterocycles. The number of carbonyl (C=O) groups is 2. The molecule has 0 aromatic rings. The average Bonchev–Trinajstić information content (AvgIpc) is 3.34. The summed E-state index contributed by atoms with van der Waals surface area (Å²) in [5.41, 5.74) is 0.441. The summed E-state index contributed by atoms with van der Waals surface area (Å²) in [7, 11) is 0. The summed E-state index contributed by atoms with van der Waals surface area (Å²) in [5.74, 6) is 0.276. The molecule has 26 heavy (non-hydrogen) atoms. The first-order chi connectivity index (χ1) is 12.7. The van der Waals surface area contributed by atoms with Crippen LogP contribution < -0.4 is 10.6 Å². The maximum atomic E-state index is 13.0. The predicted molar refractivity (Wildman–Crippen MR) is 101 cm³/mol. The van der Waals surface area contributed by atoms with Crippen molar-refractivity contribution < 1.29 is 9.59 Å². The summed E-state index contributed by atoms with van der Waals surface area (Å²) in [6.07, 6.45) is 10.0. The first kappa shape index (κ1) is 18.1. The van der Waals surface area contributed by atoms with Crippen molar-refractivity contribution in [2.24, 2.45) is 11.3 Å². The molecule has 0 aromatic heterocycles. The highest BCUT2D eigenvalue weighted by Gasteiger charge is 2.40. The van der Waals surface area contributed by atoms with Gasteiger partial charge in [0.2, 0.25) is 5.91 Å². The maximum absolute atomic E-state index is 13.0. The van der Waals surface area contributed by atoms with Crippen LogP contribution in [-0.4, -0.2) is 67.0 Å². The second-order valence-electron chi connectivity index (χ2n) is 8.97. The van der Waals surface area contributed by atoms with Gasteiger partial charge >= 0.3 is 6.03 Å². The SMILES string of the molecule is O=C(NC1CCCC1)N1CCCC(C(=O)N2CCC3(CCNC3)CC2)C1. The highest BCUT2D eigenvalue weighted by Crippen LogP contribution is 2.37. The Bertz CT molecular complexity index is 516. The van der Waals surface area contributed by atoms with Crippen molar-refractivity contribution >= 4 is 11.9 Å². The van der Waals surface area contributed by atoms with Crippen LogP contribution in [0.1, 0.15) is 57.8 Å². The van der Waals surface area contributed by atoms with Gasteiger partial charge in [-0.2, -0.15) is 0 Å². The Labute approximate surface area is 157 Å². The third kappa shape index (κ3) is 3.85. The zero-order valence-electron chi connectivity index (χ0n) is 16.0. The number of carbonyl (C=O) groups excluding carboxylic acids is 2. The molecule has 3 amide bonds. The number of hydrogen-bond donors (Lipinski definition) is 2. The molecule has 6 heteroatoms. The molecule has 4 rings (SSSR count). The van der Waals surface area contributed by atoms with E-state index in [9.17, 15) is 9.59 Å². The zero-order chi connectivity index (χ0) is 18.0. The molecule has 146 valence electrons. The molecule has 0 bridgehead atoms. The van der Waals surface area contributed by atoms with Crippen LogP contribution in [0.3, 0.4) is 0 Å². The van der Waals surface area contributed by atoms with Crippen LogP contribution in [0.5, 0.6) is 0 Å². The Morgan fingerprint density at radius 2 is 1.69 bits per heavy atom. The Kier molecular flexibility index (Phi) is 5.39. The van der Waals surface area contributed by atoms with Gasteiger partial charge in [-0.3, -0.25) is 4.79 Å². The molecule has 6 nitrogen and oxygen atoms in total. The van der Waals surface area contributed by atoms with Crippen LogP contribution in [0.25, 0.3) is 0 Å². The lowest BCUT2D eigenvalue weighted by atomic mass is 9.77. The van der Waals surface area contributed by atoms with Crippen LogP contribution in [0, 0.1) is 11.3 Å². The van der Waals surface area contributed by atoms with Crippen molar-refractivity contribution in [3.05, 3.63) is 0 Å². The number of amides is 3. The Morgan fingerprint density at radius 3 is 2.38 bits per heavy atom. The first-order valence-corrected chi connectivity index (χ1v) is 10.7. The van der Waals surface area contributed by atoms with Gasteiger partial charge in [0.05, 0.1) is 5.92 Å². The summed E-state index contributed by atoms with van der Waals surface area (Å²) in [6, 6.07) is 0.390. The molecular formula is C20H34N4O2. The van der Waals surface area contributed by atoms with Crippen molar-refractivity contribution in [3.8, 4) is 0 Å². The van der Waals surface area contributed by atoms with E-state index in [0.717, 1.165) is 71.2 Å². The lowest BCUT2D eigenvalue weighted by molar-refractivity contribution is -0.139. The van der Waals surface area contributed by atoms with Crippen LogP contribution >= 0.6 is 0 Å². The van der Waals surface area contributed by atoms with Crippen molar-refractivity contribution in [1.82, 2.24) is 20.4 Å². The van der Waals surface area contributed by atoms with E-state index < -0.39 is 0 Å². The van der Waals surface area contributed by atoms with E-state index >= 15 is 0 Å². The summed E-state index contributed by atoms with van der Waals surface area (Å²) in [6.45, 7) is 5.42. The van der Waals surface area contributed by atoms with Gasteiger partial charge in [-0.15, -0.1) is 0 Å². The molecule has 1 atom stereocenters. The number of nitrogens with zero attached hydrogens (tertiary/aromatic N) is 2. The normalized spacial score (nSPS) is 29.3. The van der Waals surface area contributed by atoms with Crippen molar-refractivity contribution in [3.63, 3.8) is 0 Å². The monoisotopic (exact) mass is 362 g/mol. The number of nitrogens with one attached hydrogen (secondary N) is 2. The number of piperidine rings is 2. The number of rotatable bonds is 2. The molecule has 2 N–H and O–H groups in total. The van der Waals surface area contributed by atoms with Crippen molar-refractivity contribution in [1.29, 1.82) is 0 Å². The van der Waals surface area contributed by atoms with E-state index in [0.29, 0.717) is 18.0 Å². The molecule has 3 saturated heterocycles. The largest absolute Gasteiger partial charge is 0.342 e. The third-order valence-electron chi connectivity index (χ3n) is 7.21. The lowest BCUT2D eigenvalue weighted by Crippen LogP contribution is -2.52. The molecule has 1 aliphatic carbocycles. The molecule has 4 aliphatic rings. The highest BCUT2D eigenvalue weighted by atomic mass is 16.2. The highest BCUT2D eigenvalue weighted by molar-refractivity contribution is 5.81. The van der Waals surface area contributed by atoms with E-state index in [1.165, 1.54) is 19.3 Å². The van der Waals surface area contributed by atoms with E-state index in [4.69, 9.17) is 0 Å².